The molecule has 1 aromatic rings. The van der Waals surface area contributed by atoms with Crippen LogP contribution < -0.4 is 0 Å². The normalized spacial score (nSPS) is 22.8. The van der Waals surface area contributed by atoms with Crippen molar-refractivity contribution in [3.05, 3.63) is 35.4 Å². The number of aryl methyl sites for hydroxylation is 1. The molecule has 1 aromatic carbocycles. The average molecular weight is 263 g/mol. The van der Waals surface area contributed by atoms with Gasteiger partial charge in [0, 0.05) is 26.8 Å². The summed E-state index contributed by atoms with van der Waals surface area (Å²) in [5.74, 6) is 0.661. The zero-order chi connectivity index (χ0) is 13.8. The van der Waals surface area contributed by atoms with Gasteiger partial charge < -0.3 is 9.47 Å². The highest BCUT2D eigenvalue weighted by Crippen LogP contribution is 2.37. The van der Waals surface area contributed by atoms with Crippen LogP contribution in [0.5, 0.6) is 0 Å². The zero-order valence-electron chi connectivity index (χ0n) is 12.4. The lowest BCUT2D eigenvalue weighted by Gasteiger charge is -2.39. The topological polar surface area (TPSA) is 21.7 Å². The number of fused-ring (bicyclic) bond motifs is 1. The smallest absolute Gasteiger partial charge is 0.169 e. The third kappa shape index (κ3) is 3.16. The highest BCUT2D eigenvalue weighted by molar-refractivity contribution is 5.32. The second kappa shape index (κ2) is 6.51. The molecule has 19 heavy (non-hydrogen) atoms. The Kier molecular flexibility index (Phi) is 4.97. The van der Waals surface area contributed by atoms with Crippen LogP contribution in [-0.2, 0) is 15.9 Å². The predicted octanol–water partition coefficient (Wildman–Crippen LogP) is 2.86. The number of ether oxygens (including phenoxy) is 2. The van der Waals surface area contributed by atoms with Crippen LogP contribution in [0.3, 0.4) is 0 Å². The van der Waals surface area contributed by atoms with Crippen molar-refractivity contribution in [3.63, 3.8) is 0 Å². The van der Waals surface area contributed by atoms with E-state index in [-0.39, 0.29) is 6.29 Å². The van der Waals surface area contributed by atoms with Crippen molar-refractivity contribution in [1.29, 1.82) is 0 Å². The molecule has 0 amide bonds. The van der Waals surface area contributed by atoms with Gasteiger partial charge in [-0.1, -0.05) is 31.2 Å². The van der Waals surface area contributed by atoms with Crippen LogP contribution >= 0.6 is 0 Å². The summed E-state index contributed by atoms with van der Waals surface area (Å²) in [6.45, 7) is 3.13. The van der Waals surface area contributed by atoms with E-state index in [9.17, 15) is 0 Å². The summed E-state index contributed by atoms with van der Waals surface area (Å²) >= 11 is 0. The first-order chi connectivity index (χ1) is 9.17. The molecule has 0 unspecified atom stereocenters. The molecule has 0 N–H and O–H groups in total. The molecule has 0 aromatic heterocycles. The van der Waals surface area contributed by atoms with Crippen molar-refractivity contribution in [1.82, 2.24) is 4.90 Å². The van der Waals surface area contributed by atoms with Gasteiger partial charge in [0.1, 0.15) is 0 Å². The van der Waals surface area contributed by atoms with E-state index in [2.05, 4.69) is 43.1 Å². The van der Waals surface area contributed by atoms with E-state index in [4.69, 9.17) is 9.47 Å². The molecule has 3 nitrogen and oxygen atoms in total. The van der Waals surface area contributed by atoms with Gasteiger partial charge in [-0.05, 0) is 36.9 Å². The molecular formula is C16H25NO2. The van der Waals surface area contributed by atoms with Gasteiger partial charge in [-0.15, -0.1) is 0 Å². The number of benzene rings is 1. The van der Waals surface area contributed by atoms with Gasteiger partial charge in [-0.3, -0.25) is 4.90 Å². The summed E-state index contributed by atoms with van der Waals surface area (Å²) in [4.78, 5) is 2.36. The lowest BCUT2D eigenvalue weighted by atomic mass is 9.80. The van der Waals surface area contributed by atoms with Gasteiger partial charge in [0.2, 0.25) is 0 Å². The molecule has 0 saturated carbocycles. The Morgan fingerprint density at radius 3 is 2.63 bits per heavy atom. The van der Waals surface area contributed by atoms with E-state index < -0.39 is 0 Å². The average Bonchev–Trinajstić information content (AvgIpc) is 2.44. The van der Waals surface area contributed by atoms with Crippen molar-refractivity contribution in [2.45, 2.75) is 32.1 Å². The number of methoxy groups -OCH3 is 2. The highest BCUT2D eigenvalue weighted by Gasteiger charge is 2.30. The Morgan fingerprint density at radius 2 is 1.95 bits per heavy atom. The number of hydrogen-bond acceptors (Lipinski definition) is 3. The van der Waals surface area contributed by atoms with E-state index in [0.29, 0.717) is 12.0 Å². The maximum atomic E-state index is 5.32. The Morgan fingerprint density at radius 1 is 1.26 bits per heavy atom. The molecular weight excluding hydrogens is 238 g/mol. The van der Waals surface area contributed by atoms with Gasteiger partial charge in [-0.25, -0.2) is 0 Å². The fourth-order valence-electron chi connectivity index (χ4n) is 3.16. The van der Waals surface area contributed by atoms with Crippen LogP contribution in [-0.4, -0.2) is 39.0 Å². The predicted molar refractivity (Wildman–Crippen MR) is 77.1 cm³/mol. The maximum Gasteiger partial charge on any atom is 0.169 e. The van der Waals surface area contributed by atoms with E-state index >= 15 is 0 Å². The first-order valence-corrected chi connectivity index (χ1v) is 7.01. The Bertz CT molecular complexity index is 403. The summed E-state index contributed by atoms with van der Waals surface area (Å²) < 4.78 is 10.6. The summed E-state index contributed by atoms with van der Waals surface area (Å²) in [7, 11) is 5.55. The minimum Gasteiger partial charge on any atom is -0.355 e. The molecule has 0 heterocycles. The molecule has 3 heteroatoms. The second-order valence-corrected chi connectivity index (χ2v) is 5.50. The monoisotopic (exact) mass is 263 g/mol. The van der Waals surface area contributed by atoms with Crippen LogP contribution in [0.25, 0.3) is 0 Å². The molecule has 0 radical (unpaired) electrons. The number of nitrogens with zero attached hydrogens (tertiary/aromatic N) is 1. The third-order valence-corrected chi connectivity index (χ3v) is 4.22. The van der Waals surface area contributed by atoms with Gasteiger partial charge >= 0.3 is 0 Å². The molecule has 0 spiro atoms. The molecule has 0 aliphatic heterocycles. The summed E-state index contributed by atoms with van der Waals surface area (Å²) in [6.07, 6.45) is 2.28. The fraction of sp³-hybridized carbons (Fsp3) is 0.625. The molecule has 2 atom stereocenters. The summed E-state index contributed by atoms with van der Waals surface area (Å²) in [5, 5.41) is 0. The van der Waals surface area contributed by atoms with Crippen LogP contribution in [0.2, 0.25) is 0 Å². The van der Waals surface area contributed by atoms with Crippen LogP contribution in [0.4, 0.5) is 0 Å². The van der Waals surface area contributed by atoms with Crippen LogP contribution in [0, 0.1) is 5.92 Å². The standard InChI is InChI=1S/C16H25NO2/c1-12-9-10-13-7-5-6-8-14(13)16(12)17(2)11-15(18-3)19-4/h5-8,12,15-16H,9-11H2,1-4H3/t12-,16+/m1/s1. The number of likely N-dealkylation sites (N-methyl/N-ethyl adjacent to an activating group) is 1. The number of hydrogen-bond donors (Lipinski definition) is 0. The molecule has 1 aliphatic carbocycles. The largest absolute Gasteiger partial charge is 0.355 e. The number of rotatable bonds is 5. The van der Waals surface area contributed by atoms with Gasteiger partial charge in [0.05, 0.1) is 0 Å². The van der Waals surface area contributed by atoms with Crippen LogP contribution in [0.1, 0.15) is 30.5 Å². The Hall–Kier alpha value is -0.900. The highest BCUT2D eigenvalue weighted by atomic mass is 16.7. The first kappa shape index (κ1) is 14.5. The Balaban J connectivity index is 2.18. The molecule has 2 rings (SSSR count). The third-order valence-electron chi connectivity index (χ3n) is 4.22. The lowest BCUT2D eigenvalue weighted by molar-refractivity contribution is -0.120. The summed E-state index contributed by atoms with van der Waals surface area (Å²) in [5.41, 5.74) is 2.96. The van der Waals surface area contributed by atoms with Crippen LogP contribution in [0.15, 0.2) is 24.3 Å². The van der Waals surface area contributed by atoms with E-state index in [1.165, 1.54) is 24.0 Å². The van der Waals surface area contributed by atoms with Gasteiger partial charge in [0.25, 0.3) is 0 Å². The van der Waals surface area contributed by atoms with Gasteiger partial charge in [-0.2, -0.15) is 0 Å². The quantitative estimate of drug-likeness (QED) is 0.763. The molecule has 0 bridgehead atoms. The lowest BCUT2D eigenvalue weighted by Crippen LogP contribution is -2.38. The summed E-state index contributed by atoms with van der Waals surface area (Å²) in [6, 6.07) is 9.26. The molecule has 1 aliphatic rings. The molecule has 0 saturated heterocycles. The van der Waals surface area contributed by atoms with Crippen molar-refractivity contribution < 1.29 is 9.47 Å². The van der Waals surface area contributed by atoms with Crippen molar-refractivity contribution in [3.8, 4) is 0 Å². The molecule has 0 fully saturated rings. The van der Waals surface area contributed by atoms with E-state index in [1.807, 2.05) is 0 Å². The fourth-order valence-corrected chi connectivity index (χ4v) is 3.16. The van der Waals surface area contributed by atoms with Crippen molar-refractivity contribution in [2.75, 3.05) is 27.8 Å². The van der Waals surface area contributed by atoms with Crippen molar-refractivity contribution >= 4 is 0 Å². The first-order valence-electron chi connectivity index (χ1n) is 7.01. The maximum absolute atomic E-state index is 5.32. The Labute approximate surface area is 116 Å². The zero-order valence-corrected chi connectivity index (χ0v) is 12.4. The minimum absolute atomic E-state index is 0.161. The SMILES string of the molecule is COC(CN(C)[C@@H]1c2ccccc2CC[C@H]1C)OC. The molecule has 106 valence electrons. The van der Waals surface area contributed by atoms with Gasteiger partial charge in [0.15, 0.2) is 6.29 Å². The van der Waals surface area contributed by atoms with Crippen molar-refractivity contribution in [2.24, 2.45) is 5.92 Å². The second-order valence-electron chi connectivity index (χ2n) is 5.50. The van der Waals surface area contributed by atoms with E-state index in [0.717, 1.165) is 6.54 Å². The minimum atomic E-state index is -0.161. The van der Waals surface area contributed by atoms with E-state index in [1.54, 1.807) is 14.2 Å².